The van der Waals surface area contributed by atoms with Gasteiger partial charge in [-0.25, -0.2) is 0 Å². The Balaban J connectivity index is 1.44. The zero-order valence-corrected chi connectivity index (χ0v) is 16.2. The van der Waals surface area contributed by atoms with Gasteiger partial charge in [-0.1, -0.05) is 6.07 Å². The van der Waals surface area contributed by atoms with Gasteiger partial charge in [0.2, 0.25) is 5.91 Å². The molecule has 1 aromatic rings. The third-order valence-electron chi connectivity index (χ3n) is 5.76. The molecule has 2 fully saturated rings. The Morgan fingerprint density at radius 1 is 0.846 bits per heavy atom. The molecule has 0 spiro atoms. The smallest absolute Gasteiger partial charge is 0.253 e. The first kappa shape index (κ1) is 18.9. The molecule has 0 aliphatic carbocycles. The minimum atomic E-state index is 0.122. The second kappa shape index (κ2) is 8.67. The highest BCUT2D eigenvalue weighted by molar-refractivity contribution is 5.94. The van der Waals surface area contributed by atoms with Crippen molar-refractivity contribution in [2.45, 2.75) is 39.5 Å². The van der Waals surface area contributed by atoms with Gasteiger partial charge in [0.25, 0.3) is 5.91 Å². The lowest BCUT2D eigenvalue weighted by Crippen LogP contribution is -2.49. The van der Waals surface area contributed by atoms with E-state index in [0.29, 0.717) is 12.3 Å². The van der Waals surface area contributed by atoms with E-state index in [1.165, 1.54) is 12.0 Å². The molecular formula is C21H31N3O2. The number of likely N-dealkylation sites (tertiary alicyclic amines) is 1. The number of piperidine rings is 1. The molecule has 0 unspecified atom stereocenters. The number of nitrogens with zero attached hydrogens (tertiary/aromatic N) is 3. The van der Waals surface area contributed by atoms with Crippen molar-refractivity contribution in [3.63, 3.8) is 0 Å². The second-order valence-corrected chi connectivity index (χ2v) is 7.62. The molecule has 26 heavy (non-hydrogen) atoms. The molecule has 2 aliphatic rings. The molecule has 0 aromatic heterocycles. The first-order valence-electron chi connectivity index (χ1n) is 9.91. The summed E-state index contributed by atoms with van der Waals surface area (Å²) in [4.78, 5) is 31.2. The van der Waals surface area contributed by atoms with Crippen LogP contribution in [0, 0.1) is 13.8 Å². The van der Waals surface area contributed by atoms with Crippen LogP contribution in [0.2, 0.25) is 0 Å². The van der Waals surface area contributed by atoms with E-state index in [0.717, 1.165) is 69.8 Å². The van der Waals surface area contributed by atoms with E-state index >= 15 is 0 Å². The number of amides is 2. The van der Waals surface area contributed by atoms with Crippen molar-refractivity contribution < 1.29 is 9.59 Å². The normalized spacial score (nSPS) is 18.8. The number of piperazine rings is 1. The summed E-state index contributed by atoms with van der Waals surface area (Å²) >= 11 is 0. The third kappa shape index (κ3) is 4.64. The van der Waals surface area contributed by atoms with E-state index in [4.69, 9.17) is 0 Å². The van der Waals surface area contributed by atoms with Crippen LogP contribution in [0.15, 0.2) is 18.2 Å². The molecule has 0 saturated carbocycles. The predicted octanol–water partition coefficient (Wildman–Crippen LogP) is 2.46. The highest BCUT2D eigenvalue weighted by Gasteiger charge is 2.23. The minimum absolute atomic E-state index is 0.122. The van der Waals surface area contributed by atoms with Crippen LogP contribution in [0.5, 0.6) is 0 Å². The van der Waals surface area contributed by atoms with Crippen molar-refractivity contribution in [2.24, 2.45) is 0 Å². The Morgan fingerprint density at radius 2 is 1.54 bits per heavy atom. The van der Waals surface area contributed by atoms with Crippen molar-refractivity contribution in [1.82, 2.24) is 14.7 Å². The number of aryl methyl sites for hydroxylation is 2. The summed E-state index contributed by atoms with van der Waals surface area (Å²) in [6.45, 7) is 9.95. The molecule has 142 valence electrons. The molecule has 3 rings (SSSR count). The summed E-state index contributed by atoms with van der Waals surface area (Å²) < 4.78 is 0. The highest BCUT2D eigenvalue weighted by Crippen LogP contribution is 2.14. The standard InChI is InChI=1S/C21H31N3O2/c1-17-6-7-19(16-18(17)2)21(26)24-14-12-22(13-15-24)11-8-20(25)23-9-4-3-5-10-23/h6-7,16H,3-5,8-15H2,1-2H3. The maximum absolute atomic E-state index is 12.7. The van der Waals surface area contributed by atoms with Crippen LogP contribution >= 0.6 is 0 Å². The Labute approximate surface area is 156 Å². The van der Waals surface area contributed by atoms with Crippen molar-refractivity contribution in [3.8, 4) is 0 Å². The van der Waals surface area contributed by atoms with Gasteiger partial charge in [0.15, 0.2) is 0 Å². The van der Waals surface area contributed by atoms with E-state index in [1.807, 2.05) is 34.9 Å². The summed E-state index contributed by atoms with van der Waals surface area (Å²) in [6.07, 6.45) is 4.14. The molecule has 2 heterocycles. The Bertz CT molecular complexity index is 645. The average molecular weight is 357 g/mol. The molecule has 0 bridgehead atoms. The number of benzene rings is 1. The van der Waals surface area contributed by atoms with Crippen LogP contribution < -0.4 is 0 Å². The van der Waals surface area contributed by atoms with E-state index in [1.54, 1.807) is 0 Å². The Morgan fingerprint density at radius 3 is 2.19 bits per heavy atom. The van der Waals surface area contributed by atoms with Gasteiger partial charge < -0.3 is 9.80 Å². The summed E-state index contributed by atoms with van der Waals surface area (Å²) in [7, 11) is 0. The maximum Gasteiger partial charge on any atom is 0.253 e. The number of carbonyl (C=O) groups excluding carboxylic acids is 2. The molecule has 5 nitrogen and oxygen atoms in total. The van der Waals surface area contributed by atoms with Gasteiger partial charge in [0.05, 0.1) is 0 Å². The van der Waals surface area contributed by atoms with Gasteiger partial charge in [0, 0.05) is 57.8 Å². The van der Waals surface area contributed by atoms with Crippen molar-refractivity contribution >= 4 is 11.8 Å². The van der Waals surface area contributed by atoms with Crippen LogP contribution in [0.4, 0.5) is 0 Å². The number of hydrogen-bond acceptors (Lipinski definition) is 3. The van der Waals surface area contributed by atoms with Crippen LogP contribution in [0.1, 0.15) is 47.2 Å². The molecule has 0 atom stereocenters. The summed E-state index contributed by atoms with van der Waals surface area (Å²) in [5.74, 6) is 0.412. The fourth-order valence-electron chi connectivity index (χ4n) is 3.79. The van der Waals surface area contributed by atoms with E-state index in [2.05, 4.69) is 11.8 Å². The van der Waals surface area contributed by atoms with E-state index < -0.39 is 0 Å². The van der Waals surface area contributed by atoms with Gasteiger partial charge in [-0.3, -0.25) is 14.5 Å². The molecule has 2 amide bonds. The Kier molecular flexibility index (Phi) is 6.30. The summed E-state index contributed by atoms with van der Waals surface area (Å²) in [5, 5.41) is 0. The van der Waals surface area contributed by atoms with E-state index in [9.17, 15) is 9.59 Å². The largest absolute Gasteiger partial charge is 0.343 e. The third-order valence-corrected chi connectivity index (χ3v) is 5.76. The van der Waals surface area contributed by atoms with Crippen LogP contribution in [0.3, 0.4) is 0 Å². The minimum Gasteiger partial charge on any atom is -0.343 e. The van der Waals surface area contributed by atoms with Gasteiger partial charge >= 0.3 is 0 Å². The zero-order valence-electron chi connectivity index (χ0n) is 16.2. The van der Waals surface area contributed by atoms with Gasteiger partial charge in [-0.05, 0) is 56.4 Å². The van der Waals surface area contributed by atoms with Crippen molar-refractivity contribution in [3.05, 3.63) is 34.9 Å². The summed E-state index contributed by atoms with van der Waals surface area (Å²) in [6, 6.07) is 5.93. The highest BCUT2D eigenvalue weighted by atomic mass is 16.2. The van der Waals surface area contributed by atoms with E-state index in [-0.39, 0.29) is 5.91 Å². The second-order valence-electron chi connectivity index (χ2n) is 7.62. The Hall–Kier alpha value is -1.88. The molecule has 0 radical (unpaired) electrons. The van der Waals surface area contributed by atoms with Crippen molar-refractivity contribution in [1.29, 1.82) is 0 Å². The molecule has 1 aromatic carbocycles. The van der Waals surface area contributed by atoms with Crippen LogP contribution in [-0.4, -0.2) is 72.3 Å². The average Bonchev–Trinajstić information content (AvgIpc) is 2.69. The van der Waals surface area contributed by atoms with Gasteiger partial charge in [-0.2, -0.15) is 0 Å². The topological polar surface area (TPSA) is 43.9 Å². The van der Waals surface area contributed by atoms with Gasteiger partial charge in [0.1, 0.15) is 0 Å². The molecular weight excluding hydrogens is 326 g/mol. The van der Waals surface area contributed by atoms with Crippen molar-refractivity contribution in [2.75, 3.05) is 45.8 Å². The monoisotopic (exact) mass is 357 g/mol. The molecule has 2 saturated heterocycles. The summed E-state index contributed by atoms with van der Waals surface area (Å²) in [5.41, 5.74) is 3.15. The maximum atomic E-state index is 12.7. The number of hydrogen-bond donors (Lipinski definition) is 0. The lowest BCUT2D eigenvalue weighted by atomic mass is 10.1. The lowest BCUT2D eigenvalue weighted by molar-refractivity contribution is -0.132. The lowest BCUT2D eigenvalue weighted by Gasteiger charge is -2.35. The molecule has 0 N–H and O–H groups in total. The van der Waals surface area contributed by atoms with Crippen LogP contribution in [0.25, 0.3) is 0 Å². The first-order chi connectivity index (χ1) is 12.5. The fourth-order valence-corrected chi connectivity index (χ4v) is 3.79. The SMILES string of the molecule is Cc1ccc(C(=O)N2CCN(CCC(=O)N3CCCCC3)CC2)cc1C. The molecule has 5 heteroatoms. The first-order valence-corrected chi connectivity index (χ1v) is 9.91. The molecule has 2 aliphatic heterocycles. The fraction of sp³-hybridized carbons (Fsp3) is 0.619. The number of rotatable bonds is 4. The van der Waals surface area contributed by atoms with Crippen LogP contribution in [-0.2, 0) is 4.79 Å². The number of carbonyl (C=O) groups is 2. The zero-order chi connectivity index (χ0) is 18.5. The quantitative estimate of drug-likeness (QED) is 0.831. The van der Waals surface area contributed by atoms with Gasteiger partial charge in [-0.15, -0.1) is 0 Å². The predicted molar refractivity (Wildman–Crippen MR) is 103 cm³/mol.